The van der Waals surface area contributed by atoms with Gasteiger partial charge in [-0.15, -0.1) is 0 Å². The molecule has 0 saturated carbocycles. The fourth-order valence-electron chi connectivity index (χ4n) is 1.08. The number of rotatable bonds is 6. The number of aliphatic hydroxyl groups excluding tert-OH is 1. The Morgan fingerprint density at radius 2 is 1.92 bits per heavy atom. The van der Waals surface area contributed by atoms with Crippen LogP contribution in [-0.4, -0.2) is 23.3 Å². The molecule has 13 heavy (non-hydrogen) atoms. The monoisotopic (exact) mass is 188 g/mol. The van der Waals surface area contributed by atoms with Gasteiger partial charge in [-0.3, -0.25) is 0 Å². The highest BCUT2D eigenvalue weighted by molar-refractivity contribution is 5.74. The fraction of sp³-hybridized carbons (Fsp3) is 0.900. The van der Waals surface area contributed by atoms with Gasteiger partial charge in [0.15, 0.2) is 6.10 Å². The molecule has 1 N–H and O–H groups in total. The largest absolute Gasteiger partial charge is 0.460 e. The molecule has 0 heterocycles. The summed E-state index contributed by atoms with van der Waals surface area (Å²) in [4.78, 5) is 11.1. The summed E-state index contributed by atoms with van der Waals surface area (Å²) in [6.07, 6.45) is 2.12. The molecule has 0 fully saturated rings. The summed E-state index contributed by atoms with van der Waals surface area (Å²) in [6.45, 7) is 5.78. The molecule has 3 heteroatoms. The lowest BCUT2D eigenvalue weighted by atomic mass is 10.1. The number of aliphatic hydroxyl groups is 1. The molecule has 0 saturated heterocycles. The summed E-state index contributed by atoms with van der Waals surface area (Å²) in [5, 5.41) is 9.16. The molecule has 78 valence electrons. The molecule has 0 aromatic carbocycles. The van der Waals surface area contributed by atoms with Crippen molar-refractivity contribution in [1.82, 2.24) is 0 Å². The van der Waals surface area contributed by atoms with Crippen molar-refractivity contribution in [2.24, 2.45) is 0 Å². The minimum absolute atomic E-state index is 0.0290. The molecule has 0 bridgehead atoms. The van der Waals surface area contributed by atoms with Crippen LogP contribution in [0.3, 0.4) is 0 Å². The van der Waals surface area contributed by atoms with Gasteiger partial charge >= 0.3 is 5.97 Å². The van der Waals surface area contributed by atoms with Crippen molar-refractivity contribution >= 4 is 5.97 Å². The second-order valence-corrected chi connectivity index (χ2v) is 3.18. The molecule has 1 unspecified atom stereocenters. The molecule has 0 amide bonds. The van der Waals surface area contributed by atoms with Gasteiger partial charge in [-0.25, -0.2) is 4.79 Å². The third-order valence-corrected chi connectivity index (χ3v) is 2.01. The first-order valence-corrected chi connectivity index (χ1v) is 5.04. The van der Waals surface area contributed by atoms with E-state index in [4.69, 9.17) is 9.84 Å². The first-order valence-electron chi connectivity index (χ1n) is 5.04. The summed E-state index contributed by atoms with van der Waals surface area (Å²) in [5.41, 5.74) is 0. The molecule has 0 rings (SSSR count). The van der Waals surface area contributed by atoms with E-state index in [2.05, 4.69) is 0 Å². The van der Waals surface area contributed by atoms with Crippen LogP contribution in [-0.2, 0) is 9.53 Å². The Kier molecular flexibility index (Phi) is 6.59. The Morgan fingerprint density at radius 1 is 1.31 bits per heavy atom. The number of esters is 1. The van der Waals surface area contributed by atoms with Crippen molar-refractivity contribution in [2.75, 3.05) is 0 Å². The molecule has 0 aromatic heterocycles. The first-order chi connectivity index (χ1) is 6.15. The van der Waals surface area contributed by atoms with E-state index in [9.17, 15) is 4.79 Å². The molecular formula is C10H20O3. The molecule has 0 aliphatic carbocycles. The number of ether oxygens (including phenoxy) is 1. The summed E-state index contributed by atoms with van der Waals surface area (Å²) >= 11 is 0. The maximum Gasteiger partial charge on any atom is 0.335 e. The minimum Gasteiger partial charge on any atom is -0.460 e. The zero-order chi connectivity index (χ0) is 10.3. The van der Waals surface area contributed by atoms with E-state index in [0.717, 1.165) is 19.3 Å². The SMILES string of the molecule is CCC[C@@H](CC)OC(=O)C(O)CC. The van der Waals surface area contributed by atoms with Crippen LogP contribution in [0.15, 0.2) is 0 Å². The van der Waals surface area contributed by atoms with Crippen LogP contribution in [0.2, 0.25) is 0 Å². The molecule has 3 nitrogen and oxygen atoms in total. The smallest absolute Gasteiger partial charge is 0.335 e. The molecule has 0 aromatic rings. The highest BCUT2D eigenvalue weighted by Crippen LogP contribution is 2.08. The molecule has 0 aliphatic rings. The predicted octanol–water partition coefficient (Wildman–Crippen LogP) is 1.88. The number of hydrogen-bond acceptors (Lipinski definition) is 3. The quantitative estimate of drug-likeness (QED) is 0.647. The van der Waals surface area contributed by atoms with Gasteiger partial charge < -0.3 is 9.84 Å². The van der Waals surface area contributed by atoms with Crippen LogP contribution in [0.1, 0.15) is 46.5 Å². The second-order valence-electron chi connectivity index (χ2n) is 3.18. The molecular weight excluding hydrogens is 168 g/mol. The van der Waals surface area contributed by atoms with Gasteiger partial charge in [0.1, 0.15) is 6.10 Å². The van der Waals surface area contributed by atoms with Crippen LogP contribution in [0.25, 0.3) is 0 Å². The number of hydrogen-bond donors (Lipinski definition) is 1. The zero-order valence-corrected chi connectivity index (χ0v) is 8.75. The van der Waals surface area contributed by atoms with Gasteiger partial charge in [-0.1, -0.05) is 27.2 Å². The van der Waals surface area contributed by atoms with Gasteiger partial charge in [-0.05, 0) is 19.3 Å². The van der Waals surface area contributed by atoms with Gasteiger partial charge in [-0.2, -0.15) is 0 Å². The van der Waals surface area contributed by atoms with E-state index in [1.165, 1.54) is 0 Å². The van der Waals surface area contributed by atoms with Crippen LogP contribution in [0.5, 0.6) is 0 Å². The summed E-state index contributed by atoms with van der Waals surface area (Å²) in [5.74, 6) is -0.484. The van der Waals surface area contributed by atoms with Crippen LogP contribution in [0.4, 0.5) is 0 Å². The van der Waals surface area contributed by atoms with E-state index in [1.807, 2.05) is 13.8 Å². The van der Waals surface area contributed by atoms with Gasteiger partial charge in [0.2, 0.25) is 0 Å². The van der Waals surface area contributed by atoms with E-state index in [1.54, 1.807) is 6.92 Å². The van der Waals surface area contributed by atoms with Crippen molar-refractivity contribution in [3.8, 4) is 0 Å². The average molecular weight is 188 g/mol. The average Bonchev–Trinajstić information content (AvgIpc) is 2.15. The van der Waals surface area contributed by atoms with Crippen LogP contribution < -0.4 is 0 Å². The standard InChI is InChI=1S/C10H20O3/c1-4-7-8(5-2)13-10(12)9(11)6-3/h8-9,11H,4-7H2,1-3H3/t8-,9?/m1/s1. The molecule has 0 aliphatic heterocycles. The topological polar surface area (TPSA) is 46.5 Å². The van der Waals surface area contributed by atoms with Gasteiger partial charge in [0, 0.05) is 0 Å². The number of carbonyl (C=O) groups is 1. The lowest BCUT2D eigenvalue weighted by Gasteiger charge is -2.17. The maximum absolute atomic E-state index is 11.1. The zero-order valence-electron chi connectivity index (χ0n) is 8.75. The Hall–Kier alpha value is -0.570. The predicted molar refractivity (Wildman–Crippen MR) is 51.4 cm³/mol. The van der Waals surface area contributed by atoms with E-state index >= 15 is 0 Å². The van der Waals surface area contributed by atoms with Crippen molar-refractivity contribution in [1.29, 1.82) is 0 Å². The maximum atomic E-state index is 11.1. The summed E-state index contributed by atoms with van der Waals surface area (Å²) in [7, 11) is 0. The lowest BCUT2D eigenvalue weighted by molar-refractivity contribution is -0.159. The Bertz CT molecular complexity index is 145. The fourth-order valence-corrected chi connectivity index (χ4v) is 1.08. The van der Waals surface area contributed by atoms with E-state index < -0.39 is 12.1 Å². The minimum atomic E-state index is -0.953. The molecule has 0 radical (unpaired) electrons. The highest BCUT2D eigenvalue weighted by Gasteiger charge is 2.17. The summed E-state index contributed by atoms with van der Waals surface area (Å²) in [6, 6.07) is 0. The number of carbonyl (C=O) groups excluding carboxylic acids is 1. The molecule has 0 spiro atoms. The first kappa shape index (κ1) is 12.4. The second kappa shape index (κ2) is 6.89. The lowest BCUT2D eigenvalue weighted by Crippen LogP contribution is -2.27. The van der Waals surface area contributed by atoms with Crippen molar-refractivity contribution in [3.63, 3.8) is 0 Å². The normalized spacial score (nSPS) is 15.1. The Labute approximate surface area is 80.1 Å². The Balaban J connectivity index is 3.85. The van der Waals surface area contributed by atoms with Crippen molar-refractivity contribution < 1.29 is 14.6 Å². The van der Waals surface area contributed by atoms with Crippen molar-refractivity contribution in [2.45, 2.75) is 58.7 Å². The van der Waals surface area contributed by atoms with Crippen molar-refractivity contribution in [3.05, 3.63) is 0 Å². The third kappa shape index (κ3) is 4.88. The highest BCUT2D eigenvalue weighted by atomic mass is 16.6. The third-order valence-electron chi connectivity index (χ3n) is 2.01. The Morgan fingerprint density at radius 3 is 2.31 bits per heavy atom. The summed E-state index contributed by atoms with van der Waals surface area (Å²) < 4.78 is 5.10. The van der Waals surface area contributed by atoms with Gasteiger partial charge in [0.25, 0.3) is 0 Å². The van der Waals surface area contributed by atoms with E-state index in [0.29, 0.717) is 6.42 Å². The van der Waals surface area contributed by atoms with Gasteiger partial charge in [0.05, 0.1) is 0 Å². The van der Waals surface area contributed by atoms with Crippen LogP contribution >= 0.6 is 0 Å². The van der Waals surface area contributed by atoms with Crippen LogP contribution in [0, 0.1) is 0 Å². The van der Waals surface area contributed by atoms with E-state index in [-0.39, 0.29) is 6.10 Å². The molecule has 2 atom stereocenters.